The molecule has 0 fully saturated rings. The van der Waals surface area contributed by atoms with Crippen LogP contribution in [0.15, 0.2) is 18.2 Å². The first-order chi connectivity index (χ1) is 7.13. The number of amides is 1. The summed E-state index contributed by atoms with van der Waals surface area (Å²) in [7, 11) is 0. The molecule has 1 aromatic heterocycles. The number of nitrogens with one attached hydrogen (secondary N) is 1. The Kier molecular flexibility index (Phi) is 3.97. The highest BCUT2D eigenvalue weighted by Gasteiger charge is 2.05. The minimum absolute atomic E-state index is 0.0136. The van der Waals surface area contributed by atoms with E-state index in [0.717, 1.165) is 0 Å². The molecule has 0 saturated heterocycles. The van der Waals surface area contributed by atoms with E-state index in [-0.39, 0.29) is 11.7 Å². The summed E-state index contributed by atoms with van der Waals surface area (Å²) in [5.74, 6) is -0.0938. The summed E-state index contributed by atoms with van der Waals surface area (Å²) in [5.41, 5.74) is 1.16. The average Bonchev–Trinajstić information content (AvgIpc) is 2.25. The van der Waals surface area contributed by atoms with Crippen molar-refractivity contribution in [3.63, 3.8) is 0 Å². The lowest BCUT2D eigenvalue weighted by atomic mass is 10.2. The SMILES string of the molecule is CCC(=O)c1cccc(CNC(C)=O)n1. The number of Topliss-reactive ketones (excluding diaryl/α,β-unsaturated/α-hetero) is 1. The Hall–Kier alpha value is -1.71. The molecule has 0 aliphatic heterocycles. The predicted octanol–water partition coefficient (Wildman–Crippen LogP) is 1.31. The smallest absolute Gasteiger partial charge is 0.217 e. The van der Waals surface area contributed by atoms with Crippen LogP contribution in [0.2, 0.25) is 0 Å². The van der Waals surface area contributed by atoms with Gasteiger partial charge in [0.1, 0.15) is 5.69 Å². The molecule has 0 spiro atoms. The van der Waals surface area contributed by atoms with Crippen molar-refractivity contribution in [3.05, 3.63) is 29.6 Å². The second-order valence-electron chi connectivity index (χ2n) is 3.20. The molecule has 0 atom stereocenters. The molecule has 0 aliphatic carbocycles. The molecule has 4 heteroatoms. The molecule has 1 aromatic rings. The first kappa shape index (κ1) is 11.4. The molecule has 1 heterocycles. The van der Waals surface area contributed by atoms with Crippen LogP contribution in [0.1, 0.15) is 36.5 Å². The van der Waals surface area contributed by atoms with E-state index in [2.05, 4.69) is 10.3 Å². The molecule has 1 amide bonds. The maximum Gasteiger partial charge on any atom is 0.217 e. The summed E-state index contributed by atoms with van der Waals surface area (Å²) < 4.78 is 0. The number of rotatable bonds is 4. The minimum Gasteiger partial charge on any atom is -0.351 e. The Bertz CT molecular complexity index is 375. The number of nitrogens with zero attached hydrogens (tertiary/aromatic N) is 1. The van der Waals surface area contributed by atoms with Gasteiger partial charge >= 0.3 is 0 Å². The van der Waals surface area contributed by atoms with Crippen LogP contribution >= 0.6 is 0 Å². The second-order valence-corrected chi connectivity index (χ2v) is 3.20. The summed E-state index contributed by atoms with van der Waals surface area (Å²) >= 11 is 0. The van der Waals surface area contributed by atoms with Crippen molar-refractivity contribution in [3.8, 4) is 0 Å². The highest BCUT2D eigenvalue weighted by molar-refractivity contribution is 5.93. The Balaban J connectivity index is 2.74. The molecule has 0 aliphatic rings. The fraction of sp³-hybridized carbons (Fsp3) is 0.364. The molecule has 0 saturated carbocycles. The topological polar surface area (TPSA) is 59.1 Å². The van der Waals surface area contributed by atoms with Crippen LogP contribution in [-0.4, -0.2) is 16.7 Å². The molecule has 0 aromatic carbocycles. The maximum atomic E-state index is 11.4. The van der Waals surface area contributed by atoms with Crippen molar-refractivity contribution in [1.82, 2.24) is 10.3 Å². The van der Waals surface area contributed by atoms with Crippen LogP contribution in [0.5, 0.6) is 0 Å². The zero-order chi connectivity index (χ0) is 11.3. The van der Waals surface area contributed by atoms with E-state index in [4.69, 9.17) is 0 Å². The molecular weight excluding hydrogens is 192 g/mol. The number of hydrogen-bond acceptors (Lipinski definition) is 3. The van der Waals surface area contributed by atoms with Gasteiger partial charge in [-0.2, -0.15) is 0 Å². The van der Waals surface area contributed by atoms with Crippen LogP contribution < -0.4 is 5.32 Å². The molecule has 0 bridgehead atoms. The molecule has 15 heavy (non-hydrogen) atoms. The van der Waals surface area contributed by atoms with Crippen molar-refractivity contribution < 1.29 is 9.59 Å². The van der Waals surface area contributed by atoms with Gasteiger partial charge in [0.05, 0.1) is 12.2 Å². The van der Waals surface area contributed by atoms with Gasteiger partial charge in [-0.15, -0.1) is 0 Å². The normalized spacial score (nSPS) is 9.73. The molecular formula is C11H14N2O2. The van der Waals surface area contributed by atoms with E-state index in [1.807, 2.05) is 0 Å². The molecule has 0 unspecified atom stereocenters. The fourth-order valence-corrected chi connectivity index (χ4v) is 1.13. The van der Waals surface area contributed by atoms with Gasteiger partial charge in [-0.3, -0.25) is 9.59 Å². The van der Waals surface area contributed by atoms with Crippen LogP contribution in [0.3, 0.4) is 0 Å². The highest BCUT2D eigenvalue weighted by Crippen LogP contribution is 2.02. The Morgan fingerprint density at radius 3 is 2.73 bits per heavy atom. The lowest BCUT2D eigenvalue weighted by molar-refractivity contribution is -0.119. The van der Waals surface area contributed by atoms with Crippen molar-refractivity contribution in [2.45, 2.75) is 26.8 Å². The Morgan fingerprint density at radius 1 is 1.40 bits per heavy atom. The number of carbonyl (C=O) groups excluding carboxylic acids is 2. The van der Waals surface area contributed by atoms with Crippen molar-refractivity contribution >= 4 is 11.7 Å². The average molecular weight is 206 g/mol. The van der Waals surface area contributed by atoms with Gasteiger partial charge in [0.15, 0.2) is 5.78 Å². The fourth-order valence-electron chi connectivity index (χ4n) is 1.13. The van der Waals surface area contributed by atoms with Crippen LogP contribution in [-0.2, 0) is 11.3 Å². The van der Waals surface area contributed by atoms with E-state index >= 15 is 0 Å². The summed E-state index contributed by atoms with van der Waals surface area (Å²) in [6.07, 6.45) is 0.441. The number of aromatic nitrogens is 1. The molecule has 1 rings (SSSR count). The van der Waals surface area contributed by atoms with E-state index in [9.17, 15) is 9.59 Å². The molecule has 4 nitrogen and oxygen atoms in total. The van der Waals surface area contributed by atoms with Gasteiger partial charge in [-0.05, 0) is 12.1 Å². The van der Waals surface area contributed by atoms with E-state index in [1.54, 1.807) is 25.1 Å². The Morgan fingerprint density at radius 2 is 2.13 bits per heavy atom. The molecule has 1 N–H and O–H groups in total. The molecule has 0 radical (unpaired) electrons. The van der Waals surface area contributed by atoms with Crippen LogP contribution in [0.4, 0.5) is 0 Å². The van der Waals surface area contributed by atoms with E-state index < -0.39 is 0 Å². The summed E-state index contributed by atoms with van der Waals surface area (Å²) in [6.45, 7) is 3.60. The third kappa shape index (κ3) is 3.50. The summed E-state index contributed by atoms with van der Waals surface area (Å²) in [4.78, 5) is 26.2. The van der Waals surface area contributed by atoms with Gasteiger partial charge in [-0.25, -0.2) is 4.98 Å². The highest BCUT2D eigenvalue weighted by atomic mass is 16.1. The lowest BCUT2D eigenvalue weighted by Crippen LogP contribution is -2.20. The van der Waals surface area contributed by atoms with Gasteiger partial charge in [-0.1, -0.05) is 13.0 Å². The first-order valence-corrected chi connectivity index (χ1v) is 4.87. The van der Waals surface area contributed by atoms with Gasteiger partial charge < -0.3 is 5.32 Å². The maximum absolute atomic E-state index is 11.4. The summed E-state index contributed by atoms with van der Waals surface area (Å²) in [5, 5.41) is 2.63. The third-order valence-corrected chi connectivity index (χ3v) is 1.93. The number of carbonyl (C=O) groups is 2. The van der Waals surface area contributed by atoms with E-state index in [1.165, 1.54) is 6.92 Å². The van der Waals surface area contributed by atoms with Crippen molar-refractivity contribution in [2.24, 2.45) is 0 Å². The quantitative estimate of drug-likeness (QED) is 0.755. The predicted molar refractivity (Wildman–Crippen MR) is 56.4 cm³/mol. The second kappa shape index (κ2) is 5.24. The minimum atomic E-state index is -0.107. The monoisotopic (exact) mass is 206 g/mol. The number of ketones is 1. The Labute approximate surface area is 88.7 Å². The standard InChI is InChI=1S/C11H14N2O2/c1-3-11(15)10-6-4-5-9(13-10)7-12-8(2)14/h4-6H,3,7H2,1-2H3,(H,12,14). The van der Waals surface area contributed by atoms with Crippen LogP contribution in [0, 0.1) is 0 Å². The van der Waals surface area contributed by atoms with Crippen molar-refractivity contribution in [2.75, 3.05) is 0 Å². The number of pyridine rings is 1. The van der Waals surface area contributed by atoms with Gasteiger partial charge in [0.2, 0.25) is 5.91 Å². The van der Waals surface area contributed by atoms with E-state index in [0.29, 0.717) is 24.4 Å². The zero-order valence-corrected chi connectivity index (χ0v) is 8.91. The van der Waals surface area contributed by atoms with Gasteiger partial charge in [0, 0.05) is 13.3 Å². The number of hydrogen-bond donors (Lipinski definition) is 1. The lowest BCUT2D eigenvalue weighted by Gasteiger charge is -2.03. The molecule has 80 valence electrons. The van der Waals surface area contributed by atoms with Crippen molar-refractivity contribution in [1.29, 1.82) is 0 Å². The first-order valence-electron chi connectivity index (χ1n) is 4.87. The summed E-state index contributed by atoms with van der Waals surface area (Å²) in [6, 6.07) is 5.23. The largest absolute Gasteiger partial charge is 0.351 e. The third-order valence-electron chi connectivity index (χ3n) is 1.93. The van der Waals surface area contributed by atoms with Gasteiger partial charge in [0.25, 0.3) is 0 Å². The zero-order valence-electron chi connectivity index (χ0n) is 8.91. The van der Waals surface area contributed by atoms with Crippen LogP contribution in [0.25, 0.3) is 0 Å².